The maximum absolute atomic E-state index is 10.7. The standard InChI is InChI=1S/C13H10N2O5/c16-10-6-8(13(18)19)7-11(17)12(10)20-15-14-9-4-2-1-3-5-9/h1-7,16-17H,(H,18,19). The number of phenolic OH excluding ortho intramolecular Hbond substituents is 2. The molecule has 0 unspecified atom stereocenters. The molecule has 7 nitrogen and oxygen atoms in total. The van der Waals surface area contributed by atoms with Crippen molar-refractivity contribution in [3.8, 4) is 17.2 Å². The zero-order valence-electron chi connectivity index (χ0n) is 10.1. The van der Waals surface area contributed by atoms with E-state index in [0.29, 0.717) is 5.69 Å². The van der Waals surface area contributed by atoms with Crippen LogP contribution in [0, 0.1) is 0 Å². The van der Waals surface area contributed by atoms with Gasteiger partial charge in [0.2, 0.25) is 5.75 Å². The minimum absolute atomic E-state index is 0.271. The molecule has 2 rings (SSSR count). The quantitative estimate of drug-likeness (QED) is 0.586. The molecule has 3 N–H and O–H groups in total. The Labute approximate surface area is 113 Å². The van der Waals surface area contributed by atoms with E-state index in [4.69, 9.17) is 9.94 Å². The first-order chi connectivity index (χ1) is 9.58. The molecule has 2 aromatic carbocycles. The van der Waals surface area contributed by atoms with E-state index in [1.807, 2.05) is 6.07 Å². The van der Waals surface area contributed by atoms with Crippen LogP contribution in [0.3, 0.4) is 0 Å². The third kappa shape index (κ3) is 3.02. The number of benzene rings is 2. The smallest absolute Gasteiger partial charge is 0.335 e. The summed E-state index contributed by atoms with van der Waals surface area (Å²) in [7, 11) is 0. The van der Waals surface area contributed by atoms with Gasteiger partial charge < -0.3 is 20.2 Å². The molecule has 0 aliphatic heterocycles. The number of carboxylic acids is 1. The van der Waals surface area contributed by atoms with Crippen molar-refractivity contribution in [2.24, 2.45) is 10.4 Å². The number of hydrogen-bond acceptors (Lipinski definition) is 6. The van der Waals surface area contributed by atoms with Gasteiger partial charge in [-0.15, -0.1) is 5.11 Å². The average molecular weight is 274 g/mol. The van der Waals surface area contributed by atoms with Gasteiger partial charge in [0.15, 0.2) is 11.5 Å². The lowest BCUT2D eigenvalue weighted by Crippen LogP contribution is -1.96. The molecule has 0 heterocycles. The number of phenols is 2. The number of nitrogens with zero attached hydrogens (tertiary/aromatic N) is 2. The Morgan fingerprint density at radius 1 is 1.05 bits per heavy atom. The van der Waals surface area contributed by atoms with Crippen LogP contribution < -0.4 is 4.84 Å². The van der Waals surface area contributed by atoms with Gasteiger partial charge in [-0.2, -0.15) is 0 Å². The Balaban J connectivity index is 2.18. The van der Waals surface area contributed by atoms with Crippen molar-refractivity contribution in [2.75, 3.05) is 0 Å². The molecule has 7 heteroatoms. The fourth-order valence-electron chi connectivity index (χ4n) is 1.42. The SMILES string of the molecule is O=C(O)c1cc(O)c(ON=Nc2ccccc2)c(O)c1. The van der Waals surface area contributed by atoms with E-state index in [9.17, 15) is 15.0 Å². The lowest BCUT2D eigenvalue weighted by molar-refractivity contribution is 0.0695. The summed E-state index contributed by atoms with van der Waals surface area (Å²) in [6, 6.07) is 10.6. The lowest BCUT2D eigenvalue weighted by Gasteiger charge is -2.04. The van der Waals surface area contributed by atoms with Crippen LogP contribution in [-0.2, 0) is 0 Å². The molecule has 0 saturated carbocycles. The van der Waals surface area contributed by atoms with Crippen molar-refractivity contribution in [2.45, 2.75) is 0 Å². The van der Waals surface area contributed by atoms with Gasteiger partial charge in [-0.1, -0.05) is 18.2 Å². The minimum Gasteiger partial charge on any atom is -0.504 e. The Morgan fingerprint density at radius 3 is 2.20 bits per heavy atom. The molecule has 0 spiro atoms. The summed E-state index contributed by atoms with van der Waals surface area (Å²) in [4.78, 5) is 15.5. The molecule has 20 heavy (non-hydrogen) atoms. The van der Waals surface area contributed by atoms with Crippen molar-refractivity contribution >= 4 is 11.7 Å². The minimum atomic E-state index is -1.28. The molecule has 0 aromatic heterocycles. The van der Waals surface area contributed by atoms with Gasteiger partial charge in [-0.25, -0.2) is 4.79 Å². The van der Waals surface area contributed by atoms with Crippen molar-refractivity contribution in [3.05, 3.63) is 48.0 Å². The maximum Gasteiger partial charge on any atom is 0.335 e. The predicted molar refractivity (Wildman–Crippen MR) is 68.3 cm³/mol. The normalized spacial score (nSPS) is 10.6. The van der Waals surface area contributed by atoms with Crippen LogP contribution in [0.1, 0.15) is 10.4 Å². The van der Waals surface area contributed by atoms with Crippen molar-refractivity contribution in [1.29, 1.82) is 0 Å². The van der Waals surface area contributed by atoms with Crippen LogP contribution in [0.25, 0.3) is 0 Å². The second-order valence-electron chi connectivity index (χ2n) is 3.76. The molecule has 0 radical (unpaired) electrons. The number of rotatable bonds is 4. The third-order valence-electron chi connectivity index (χ3n) is 2.34. The monoisotopic (exact) mass is 274 g/mol. The zero-order valence-corrected chi connectivity index (χ0v) is 10.1. The highest BCUT2D eigenvalue weighted by Gasteiger charge is 2.15. The molecule has 0 aliphatic carbocycles. The Bertz CT molecular complexity index is 632. The first-order valence-corrected chi connectivity index (χ1v) is 5.50. The van der Waals surface area contributed by atoms with Crippen molar-refractivity contribution in [1.82, 2.24) is 0 Å². The zero-order chi connectivity index (χ0) is 14.5. The average Bonchev–Trinajstić information content (AvgIpc) is 2.42. The summed E-state index contributed by atoms with van der Waals surface area (Å²) < 4.78 is 0. The number of carboxylic acid groups (broad SMARTS) is 1. The van der Waals surface area contributed by atoms with Gasteiger partial charge in [0.1, 0.15) is 0 Å². The topological polar surface area (TPSA) is 112 Å². The first-order valence-electron chi connectivity index (χ1n) is 5.50. The van der Waals surface area contributed by atoms with Crippen LogP contribution in [-0.4, -0.2) is 21.3 Å². The van der Waals surface area contributed by atoms with Crippen LogP contribution in [0.4, 0.5) is 5.69 Å². The molecular formula is C13H10N2O5. The number of aromatic hydroxyl groups is 2. The summed E-state index contributed by atoms with van der Waals surface area (Å²) in [6.07, 6.45) is 0. The maximum atomic E-state index is 10.7. The summed E-state index contributed by atoms with van der Waals surface area (Å²) >= 11 is 0. The summed E-state index contributed by atoms with van der Waals surface area (Å²) in [6.45, 7) is 0. The second-order valence-corrected chi connectivity index (χ2v) is 3.76. The fourth-order valence-corrected chi connectivity index (χ4v) is 1.42. The van der Waals surface area contributed by atoms with Gasteiger partial charge in [0, 0.05) is 5.28 Å². The van der Waals surface area contributed by atoms with Gasteiger partial charge in [0.25, 0.3) is 0 Å². The molecule has 0 saturated heterocycles. The highest BCUT2D eigenvalue weighted by molar-refractivity contribution is 5.89. The van der Waals surface area contributed by atoms with E-state index in [1.165, 1.54) is 0 Å². The highest BCUT2D eigenvalue weighted by Crippen LogP contribution is 2.37. The predicted octanol–water partition coefficient (Wildman–Crippen LogP) is 2.87. The van der Waals surface area contributed by atoms with E-state index in [2.05, 4.69) is 10.4 Å². The van der Waals surface area contributed by atoms with E-state index in [0.717, 1.165) is 12.1 Å². The van der Waals surface area contributed by atoms with Crippen LogP contribution in [0.15, 0.2) is 52.9 Å². The molecule has 0 aliphatic rings. The van der Waals surface area contributed by atoms with E-state index >= 15 is 0 Å². The number of carbonyl (C=O) groups is 1. The molecule has 0 atom stereocenters. The van der Waals surface area contributed by atoms with Crippen molar-refractivity contribution < 1.29 is 25.0 Å². The Hall–Kier alpha value is -3.09. The largest absolute Gasteiger partial charge is 0.504 e. The number of hydrogen-bond donors (Lipinski definition) is 3. The second kappa shape index (κ2) is 5.70. The van der Waals surface area contributed by atoms with Gasteiger partial charge >= 0.3 is 5.97 Å². The first kappa shape index (κ1) is 13.3. The van der Waals surface area contributed by atoms with Gasteiger partial charge in [0.05, 0.1) is 11.3 Å². The van der Waals surface area contributed by atoms with Gasteiger partial charge in [-0.05, 0) is 24.3 Å². The van der Waals surface area contributed by atoms with Crippen LogP contribution in [0.5, 0.6) is 17.2 Å². The van der Waals surface area contributed by atoms with E-state index in [-0.39, 0.29) is 11.3 Å². The molecule has 0 fully saturated rings. The third-order valence-corrected chi connectivity index (χ3v) is 2.34. The summed E-state index contributed by atoms with van der Waals surface area (Å²) in [5, 5.41) is 35.0. The molecular weight excluding hydrogens is 264 g/mol. The Kier molecular flexibility index (Phi) is 3.80. The van der Waals surface area contributed by atoms with Crippen LogP contribution >= 0.6 is 0 Å². The fraction of sp³-hybridized carbons (Fsp3) is 0. The highest BCUT2D eigenvalue weighted by atomic mass is 16.7. The lowest BCUT2D eigenvalue weighted by atomic mass is 10.2. The molecule has 2 aromatic rings. The summed E-state index contributed by atoms with van der Waals surface area (Å²) in [5.41, 5.74) is 0.251. The van der Waals surface area contributed by atoms with E-state index < -0.39 is 17.5 Å². The van der Waals surface area contributed by atoms with Crippen LogP contribution in [0.2, 0.25) is 0 Å². The molecule has 0 amide bonds. The molecule has 0 bridgehead atoms. The van der Waals surface area contributed by atoms with Crippen molar-refractivity contribution in [3.63, 3.8) is 0 Å². The summed E-state index contributed by atoms with van der Waals surface area (Å²) in [5.74, 6) is -2.74. The van der Waals surface area contributed by atoms with E-state index in [1.54, 1.807) is 24.3 Å². The number of aromatic carboxylic acids is 1. The Morgan fingerprint density at radius 2 is 1.65 bits per heavy atom. The molecule has 102 valence electrons. The van der Waals surface area contributed by atoms with Gasteiger partial charge in [-0.3, -0.25) is 0 Å².